The minimum absolute atomic E-state index is 0.204. The lowest BCUT2D eigenvalue weighted by molar-refractivity contribution is 1.28. The number of nitrogen functional groups attached to an aromatic ring is 1. The molecule has 1 aliphatic rings. The molecule has 0 fully saturated rings. The van der Waals surface area contributed by atoms with Crippen molar-refractivity contribution >= 4 is 28.3 Å². The summed E-state index contributed by atoms with van der Waals surface area (Å²) in [5.41, 5.74) is 23.3. The quantitative estimate of drug-likeness (QED) is 0.105. The van der Waals surface area contributed by atoms with Crippen LogP contribution in [0.2, 0.25) is 0 Å². The normalized spacial score (nSPS) is 12.1. The Labute approximate surface area is 368 Å². The van der Waals surface area contributed by atoms with Crippen LogP contribution in [0.3, 0.4) is 0 Å². The molecule has 5 nitrogen and oxygen atoms in total. The highest BCUT2D eigenvalue weighted by atomic mass is 14.7. The molecular formula is C58H43N5. The molecule has 5 heteroatoms. The number of nitrogens with one attached hydrogen (secondary N) is 2. The highest BCUT2D eigenvalue weighted by Crippen LogP contribution is 2.37. The number of benzene rings is 7. The average Bonchev–Trinajstić information content (AvgIpc) is 3.36. The lowest BCUT2D eigenvalue weighted by Crippen LogP contribution is -2.16. The lowest BCUT2D eigenvalue weighted by atomic mass is 9.84. The molecule has 0 aliphatic heterocycles. The number of pyridine rings is 2. The largest absolute Gasteiger partial charge is 0.399 e. The predicted molar refractivity (Wildman–Crippen MR) is 263 cm³/mol. The van der Waals surface area contributed by atoms with Gasteiger partial charge in [-0.2, -0.15) is 0 Å². The van der Waals surface area contributed by atoms with Crippen molar-refractivity contribution in [2.24, 2.45) is 0 Å². The van der Waals surface area contributed by atoms with E-state index in [-0.39, 0.29) is 11.4 Å². The summed E-state index contributed by atoms with van der Waals surface area (Å²) in [6.45, 7) is 0. The van der Waals surface area contributed by atoms with Gasteiger partial charge in [-0.25, -0.2) is 4.98 Å². The molecule has 0 saturated heterocycles. The van der Waals surface area contributed by atoms with E-state index in [1.165, 1.54) is 0 Å². The molecule has 9 aromatic rings. The van der Waals surface area contributed by atoms with Crippen molar-refractivity contribution in [2.75, 3.05) is 5.73 Å². The van der Waals surface area contributed by atoms with Gasteiger partial charge in [0.1, 0.15) is 0 Å². The average molecular weight is 810 g/mol. The molecule has 0 radical (unpaired) electrons. The molecule has 300 valence electrons. The molecular weight excluding hydrogens is 767 g/mol. The van der Waals surface area contributed by atoms with Gasteiger partial charge in [-0.05, 0) is 146 Å². The van der Waals surface area contributed by atoms with Crippen molar-refractivity contribution in [1.29, 1.82) is 10.8 Å². The second kappa shape index (κ2) is 18.4. The molecule has 10 rings (SSSR count). The SMILES string of the molecule is N=C1C=C(c2cc(-c3ccccc3)cc(-c3ccccc3)c2)C=C(c2cc(-c3ccccc3)cc(-c3ccccc3)c2)C1=N.Nc1ccc(-c2cccc(-c3cccnc3)n2)cc1. The van der Waals surface area contributed by atoms with E-state index < -0.39 is 0 Å². The zero-order valence-electron chi connectivity index (χ0n) is 34.5. The van der Waals surface area contributed by atoms with Crippen LogP contribution in [-0.2, 0) is 0 Å². The molecule has 4 N–H and O–H groups in total. The summed E-state index contributed by atoms with van der Waals surface area (Å²) in [7, 11) is 0. The maximum Gasteiger partial charge on any atom is 0.0867 e. The van der Waals surface area contributed by atoms with E-state index in [1.807, 2.05) is 115 Å². The van der Waals surface area contributed by atoms with Crippen LogP contribution in [0.5, 0.6) is 0 Å². The van der Waals surface area contributed by atoms with Gasteiger partial charge >= 0.3 is 0 Å². The molecule has 63 heavy (non-hydrogen) atoms. The Kier molecular flexibility index (Phi) is 11.6. The van der Waals surface area contributed by atoms with E-state index in [2.05, 4.69) is 125 Å². The van der Waals surface area contributed by atoms with Gasteiger partial charge in [0.05, 0.1) is 22.8 Å². The molecule has 1 aliphatic carbocycles. The number of aromatic nitrogens is 2. The summed E-state index contributed by atoms with van der Waals surface area (Å²) in [6.07, 6.45) is 7.48. The molecule has 2 aromatic heterocycles. The Morgan fingerprint density at radius 3 is 1.24 bits per heavy atom. The fourth-order valence-corrected chi connectivity index (χ4v) is 7.73. The fourth-order valence-electron chi connectivity index (χ4n) is 7.73. The first-order chi connectivity index (χ1) is 30.9. The predicted octanol–water partition coefficient (Wildman–Crippen LogP) is 14.3. The second-order valence-corrected chi connectivity index (χ2v) is 15.3. The van der Waals surface area contributed by atoms with Crippen LogP contribution in [0, 0.1) is 10.8 Å². The minimum Gasteiger partial charge on any atom is -0.399 e. The maximum atomic E-state index is 9.01. The van der Waals surface area contributed by atoms with E-state index in [1.54, 1.807) is 6.20 Å². The lowest BCUT2D eigenvalue weighted by Gasteiger charge is -2.20. The van der Waals surface area contributed by atoms with E-state index in [0.29, 0.717) is 0 Å². The Bertz CT molecular complexity index is 2990. The van der Waals surface area contributed by atoms with Crippen molar-refractivity contribution in [3.8, 4) is 67.0 Å². The van der Waals surface area contributed by atoms with Gasteiger partial charge < -0.3 is 5.73 Å². The van der Waals surface area contributed by atoms with Gasteiger partial charge in [-0.15, -0.1) is 0 Å². The van der Waals surface area contributed by atoms with Gasteiger partial charge in [0.2, 0.25) is 0 Å². The summed E-state index contributed by atoms with van der Waals surface area (Å²) in [4.78, 5) is 8.78. The van der Waals surface area contributed by atoms with Crippen LogP contribution in [-0.4, -0.2) is 21.4 Å². The number of rotatable bonds is 8. The van der Waals surface area contributed by atoms with Crippen LogP contribution in [0.4, 0.5) is 5.69 Å². The number of anilines is 1. The summed E-state index contributed by atoms with van der Waals surface area (Å²) >= 11 is 0. The summed E-state index contributed by atoms with van der Waals surface area (Å²) in [5, 5.41) is 17.9. The highest BCUT2D eigenvalue weighted by molar-refractivity contribution is 6.61. The Morgan fingerprint density at radius 2 is 0.778 bits per heavy atom. The van der Waals surface area contributed by atoms with Crippen molar-refractivity contribution in [3.05, 3.63) is 248 Å². The third kappa shape index (κ3) is 9.29. The van der Waals surface area contributed by atoms with Crippen molar-refractivity contribution in [2.45, 2.75) is 0 Å². The third-order valence-electron chi connectivity index (χ3n) is 11.0. The summed E-state index contributed by atoms with van der Waals surface area (Å²) in [6, 6.07) is 72.2. The third-order valence-corrected chi connectivity index (χ3v) is 11.0. The van der Waals surface area contributed by atoms with E-state index in [4.69, 9.17) is 16.6 Å². The zero-order valence-corrected chi connectivity index (χ0v) is 34.5. The summed E-state index contributed by atoms with van der Waals surface area (Å²) in [5.74, 6) is 0. The number of hydrogen-bond donors (Lipinski definition) is 3. The van der Waals surface area contributed by atoms with Gasteiger partial charge in [0, 0.05) is 34.8 Å². The number of allylic oxidation sites excluding steroid dienone is 4. The number of nitrogens with zero attached hydrogens (tertiary/aromatic N) is 2. The Morgan fingerprint density at radius 1 is 0.349 bits per heavy atom. The molecule has 0 unspecified atom stereocenters. The van der Waals surface area contributed by atoms with E-state index >= 15 is 0 Å². The molecule has 0 saturated carbocycles. The first-order valence-corrected chi connectivity index (χ1v) is 20.8. The molecule has 2 heterocycles. The van der Waals surface area contributed by atoms with Gasteiger partial charge in [-0.3, -0.25) is 15.8 Å². The number of hydrogen-bond acceptors (Lipinski definition) is 5. The molecule has 0 amide bonds. The topological polar surface area (TPSA) is 99.5 Å². The van der Waals surface area contributed by atoms with Crippen LogP contribution < -0.4 is 5.73 Å². The van der Waals surface area contributed by atoms with Crippen LogP contribution >= 0.6 is 0 Å². The molecule has 7 aromatic carbocycles. The van der Waals surface area contributed by atoms with Crippen molar-refractivity contribution in [1.82, 2.24) is 9.97 Å². The monoisotopic (exact) mass is 809 g/mol. The smallest absolute Gasteiger partial charge is 0.0867 e. The zero-order chi connectivity index (χ0) is 43.0. The first kappa shape index (κ1) is 39.9. The maximum absolute atomic E-state index is 9.01. The van der Waals surface area contributed by atoms with Crippen molar-refractivity contribution < 1.29 is 0 Å². The molecule has 0 spiro atoms. The van der Waals surface area contributed by atoms with Crippen LogP contribution in [0.25, 0.3) is 78.2 Å². The van der Waals surface area contributed by atoms with Gasteiger partial charge in [-0.1, -0.05) is 140 Å². The molecule has 0 atom stereocenters. The number of nitrogens with two attached hydrogens (primary N) is 1. The first-order valence-electron chi connectivity index (χ1n) is 20.8. The highest BCUT2D eigenvalue weighted by Gasteiger charge is 2.21. The Balaban J connectivity index is 0.000000221. The van der Waals surface area contributed by atoms with E-state index in [0.717, 1.165) is 95.0 Å². The second-order valence-electron chi connectivity index (χ2n) is 15.3. The van der Waals surface area contributed by atoms with Gasteiger partial charge in [0.15, 0.2) is 0 Å². The van der Waals surface area contributed by atoms with Crippen LogP contribution in [0.1, 0.15) is 11.1 Å². The Hall–Kier alpha value is -8.54. The molecule has 0 bridgehead atoms. The van der Waals surface area contributed by atoms with Crippen molar-refractivity contribution in [3.63, 3.8) is 0 Å². The standard InChI is InChI=1S/C42H30N2.C16H13N3/c43-41-28-38(37-23-33(29-13-5-1-6-14-29)21-34(24-37)30-15-7-2-8-16-30)27-40(42(41)44)39-25-35(31-17-9-3-10-18-31)22-36(26-39)32-19-11-4-12-20-32;17-14-8-6-12(7-9-14)15-4-1-5-16(19-15)13-3-2-10-18-11-13/h1-28,43-44H;1-11H,17H2. The summed E-state index contributed by atoms with van der Waals surface area (Å²) < 4.78 is 0. The van der Waals surface area contributed by atoms with Crippen LogP contribution in [0.15, 0.2) is 237 Å². The van der Waals surface area contributed by atoms with Gasteiger partial charge in [0.25, 0.3) is 0 Å². The minimum atomic E-state index is 0.204. The fraction of sp³-hybridized carbons (Fsp3) is 0. The van der Waals surface area contributed by atoms with E-state index in [9.17, 15) is 0 Å².